The second-order valence-electron chi connectivity index (χ2n) is 3.70. The van der Waals surface area contributed by atoms with E-state index < -0.39 is 0 Å². The molecule has 0 saturated carbocycles. The molecule has 0 bridgehead atoms. The quantitative estimate of drug-likeness (QED) is 0.835. The second-order valence-corrected chi connectivity index (χ2v) is 3.70. The summed E-state index contributed by atoms with van der Waals surface area (Å²) < 4.78 is 0. The fraction of sp³-hybridized carbons (Fsp3) is 0.385. The normalized spacial score (nSPS) is 10.3. The lowest BCUT2D eigenvalue weighted by Gasteiger charge is -2.16. The maximum atomic E-state index is 11.7. The average Bonchev–Trinajstić information content (AvgIpc) is 2.37. The highest BCUT2D eigenvalue weighted by Crippen LogP contribution is 1.97. The fourth-order valence-electron chi connectivity index (χ4n) is 1.48. The predicted octanol–water partition coefficient (Wildman–Crippen LogP) is 1.28. The molecule has 0 fully saturated rings. The molecule has 1 N–H and O–H groups in total. The minimum absolute atomic E-state index is 0.256. The van der Waals surface area contributed by atoms with Crippen LogP contribution in [0, 0.1) is 0 Å². The van der Waals surface area contributed by atoms with E-state index in [0.717, 1.165) is 13.1 Å². The van der Waals surface area contributed by atoms with Crippen LogP contribution in [0.1, 0.15) is 24.2 Å². The summed E-state index contributed by atoms with van der Waals surface area (Å²) in [4.78, 5) is 25.2. The van der Waals surface area contributed by atoms with Crippen molar-refractivity contribution >= 4 is 11.8 Å². The molecular weight excluding hydrogens is 216 g/mol. The number of nitrogens with one attached hydrogen (secondary N) is 1. The van der Waals surface area contributed by atoms with E-state index in [1.807, 2.05) is 24.8 Å². The highest BCUT2D eigenvalue weighted by Gasteiger charge is 2.11. The van der Waals surface area contributed by atoms with Crippen LogP contribution in [0.15, 0.2) is 30.3 Å². The summed E-state index contributed by atoms with van der Waals surface area (Å²) in [7, 11) is 0. The van der Waals surface area contributed by atoms with E-state index in [-0.39, 0.29) is 18.4 Å². The van der Waals surface area contributed by atoms with Gasteiger partial charge >= 0.3 is 0 Å². The third-order valence-electron chi connectivity index (χ3n) is 2.55. The number of hydrogen-bond acceptors (Lipinski definition) is 3. The first-order valence-electron chi connectivity index (χ1n) is 5.79. The van der Waals surface area contributed by atoms with Crippen LogP contribution in [0.3, 0.4) is 0 Å². The number of benzene rings is 1. The van der Waals surface area contributed by atoms with Gasteiger partial charge in [-0.25, -0.2) is 0 Å². The van der Waals surface area contributed by atoms with Gasteiger partial charge < -0.3 is 0 Å². The lowest BCUT2D eigenvalue weighted by atomic mass is 10.2. The Bertz CT molecular complexity index is 372. The smallest absolute Gasteiger partial charge is 0.257 e. The monoisotopic (exact) mass is 234 g/mol. The summed E-state index contributed by atoms with van der Waals surface area (Å²) in [5.41, 5.74) is 0.500. The first-order chi connectivity index (χ1) is 8.17. The molecule has 0 atom stereocenters. The summed E-state index contributed by atoms with van der Waals surface area (Å²) in [6.45, 7) is 5.81. The Balaban J connectivity index is 2.49. The van der Waals surface area contributed by atoms with E-state index in [2.05, 4.69) is 5.32 Å². The van der Waals surface area contributed by atoms with Crippen LogP contribution in [0.2, 0.25) is 0 Å². The summed E-state index contributed by atoms with van der Waals surface area (Å²) >= 11 is 0. The average molecular weight is 234 g/mol. The zero-order chi connectivity index (χ0) is 12.7. The van der Waals surface area contributed by atoms with E-state index >= 15 is 0 Å². The maximum Gasteiger partial charge on any atom is 0.257 e. The van der Waals surface area contributed by atoms with Gasteiger partial charge in [-0.1, -0.05) is 32.0 Å². The number of amides is 2. The van der Waals surface area contributed by atoms with Crippen molar-refractivity contribution in [2.24, 2.45) is 0 Å². The van der Waals surface area contributed by atoms with E-state index in [4.69, 9.17) is 0 Å². The van der Waals surface area contributed by atoms with Crippen molar-refractivity contribution in [1.82, 2.24) is 10.2 Å². The molecule has 4 heteroatoms. The number of rotatable bonds is 5. The molecule has 17 heavy (non-hydrogen) atoms. The number of nitrogens with zero attached hydrogens (tertiary/aromatic N) is 1. The SMILES string of the molecule is CCN(CC)CC(=O)NC(=O)c1ccccc1. The summed E-state index contributed by atoms with van der Waals surface area (Å²) in [6.07, 6.45) is 0. The van der Waals surface area contributed by atoms with Gasteiger partial charge in [-0.05, 0) is 25.2 Å². The van der Waals surface area contributed by atoms with Crippen LogP contribution in [0.4, 0.5) is 0 Å². The molecule has 0 aliphatic rings. The predicted molar refractivity (Wildman–Crippen MR) is 66.7 cm³/mol. The molecule has 0 spiro atoms. The van der Waals surface area contributed by atoms with Crippen LogP contribution in [0.25, 0.3) is 0 Å². The van der Waals surface area contributed by atoms with E-state index in [9.17, 15) is 9.59 Å². The Labute approximate surface area is 102 Å². The number of hydrogen-bond donors (Lipinski definition) is 1. The van der Waals surface area contributed by atoms with Crippen molar-refractivity contribution in [1.29, 1.82) is 0 Å². The molecule has 2 amide bonds. The summed E-state index contributed by atoms with van der Waals surface area (Å²) in [5.74, 6) is -0.606. The first kappa shape index (κ1) is 13.4. The summed E-state index contributed by atoms with van der Waals surface area (Å²) in [6, 6.07) is 8.72. The van der Waals surface area contributed by atoms with Gasteiger partial charge in [0.25, 0.3) is 5.91 Å². The van der Waals surface area contributed by atoms with Crippen molar-refractivity contribution in [3.05, 3.63) is 35.9 Å². The fourth-order valence-corrected chi connectivity index (χ4v) is 1.48. The van der Waals surface area contributed by atoms with Crippen LogP contribution >= 0.6 is 0 Å². The van der Waals surface area contributed by atoms with Gasteiger partial charge in [0.2, 0.25) is 5.91 Å². The minimum atomic E-state index is -0.345. The highest BCUT2D eigenvalue weighted by molar-refractivity contribution is 6.05. The molecule has 0 radical (unpaired) electrons. The Morgan fingerprint density at radius 2 is 1.71 bits per heavy atom. The lowest BCUT2D eigenvalue weighted by molar-refractivity contribution is -0.121. The molecule has 0 aliphatic carbocycles. The lowest BCUT2D eigenvalue weighted by Crippen LogP contribution is -2.39. The molecule has 0 unspecified atom stereocenters. The third kappa shape index (κ3) is 4.36. The minimum Gasteiger partial charge on any atom is -0.295 e. The standard InChI is InChI=1S/C13H18N2O2/c1-3-15(4-2)10-12(16)14-13(17)11-8-6-5-7-9-11/h5-9H,3-4,10H2,1-2H3,(H,14,16,17). The molecule has 92 valence electrons. The molecular formula is C13H18N2O2. The van der Waals surface area contributed by atoms with Crippen LogP contribution in [-0.4, -0.2) is 36.3 Å². The largest absolute Gasteiger partial charge is 0.295 e. The van der Waals surface area contributed by atoms with Gasteiger partial charge in [-0.2, -0.15) is 0 Å². The van der Waals surface area contributed by atoms with Gasteiger partial charge in [-0.15, -0.1) is 0 Å². The number of carbonyl (C=O) groups excluding carboxylic acids is 2. The molecule has 1 aromatic rings. The van der Waals surface area contributed by atoms with Gasteiger partial charge in [0, 0.05) is 5.56 Å². The Morgan fingerprint density at radius 3 is 2.24 bits per heavy atom. The third-order valence-corrected chi connectivity index (χ3v) is 2.55. The van der Waals surface area contributed by atoms with Crippen molar-refractivity contribution in [3.63, 3.8) is 0 Å². The van der Waals surface area contributed by atoms with Gasteiger partial charge in [-0.3, -0.25) is 19.8 Å². The molecule has 0 saturated heterocycles. The van der Waals surface area contributed by atoms with Crippen molar-refractivity contribution < 1.29 is 9.59 Å². The number of carbonyl (C=O) groups is 2. The van der Waals surface area contributed by atoms with E-state index in [1.165, 1.54) is 0 Å². The number of imide groups is 1. The van der Waals surface area contributed by atoms with E-state index in [0.29, 0.717) is 5.56 Å². The van der Waals surface area contributed by atoms with E-state index in [1.54, 1.807) is 24.3 Å². The molecule has 1 aromatic carbocycles. The molecule has 0 aromatic heterocycles. The van der Waals surface area contributed by atoms with Crippen molar-refractivity contribution in [2.75, 3.05) is 19.6 Å². The van der Waals surface area contributed by atoms with Gasteiger partial charge in [0.1, 0.15) is 0 Å². The second kappa shape index (κ2) is 6.81. The zero-order valence-electron chi connectivity index (χ0n) is 10.3. The first-order valence-corrected chi connectivity index (χ1v) is 5.79. The topological polar surface area (TPSA) is 49.4 Å². The van der Waals surface area contributed by atoms with Crippen molar-refractivity contribution in [3.8, 4) is 0 Å². The zero-order valence-corrected chi connectivity index (χ0v) is 10.3. The number of likely N-dealkylation sites (N-methyl/N-ethyl adjacent to an activating group) is 1. The van der Waals surface area contributed by atoms with Gasteiger partial charge in [0.05, 0.1) is 6.54 Å². The van der Waals surface area contributed by atoms with Crippen molar-refractivity contribution in [2.45, 2.75) is 13.8 Å². The molecule has 0 aliphatic heterocycles. The Kier molecular flexibility index (Phi) is 5.36. The summed E-state index contributed by atoms with van der Waals surface area (Å²) in [5, 5.41) is 2.38. The molecule has 4 nitrogen and oxygen atoms in total. The molecule has 1 rings (SSSR count). The Morgan fingerprint density at radius 1 is 1.12 bits per heavy atom. The van der Waals surface area contributed by atoms with Crippen LogP contribution < -0.4 is 5.32 Å². The van der Waals surface area contributed by atoms with Crippen LogP contribution in [-0.2, 0) is 4.79 Å². The highest BCUT2D eigenvalue weighted by atomic mass is 16.2. The molecule has 0 heterocycles. The van der Waals surface area contributed by atoms with Crippen LogP contribution in [0.5, 0.6) is 0 Å². The maximum absolute atomic E-state index is 11.7. The van der Waals surface area contributed by atoms with Gasteiger partial charge in [0.15, 0.2) is 0 Å². The Hall–Kier alpha value is -1.68.